The highest BCUT2D eigenvalue weighted by molar-refractivity contribution is 6.30. The Labute approximate surface area is 127 Å². The molecular weight excluding hydrogens is 295 g/mol. The van der Waals surface area contributed by atoms with Gasteiger partial charge in [0.15, 0.2) is 5.82 Å². The van der Waals surface area contributed by atoms with E-state index >= 15 is 0 Å². The molecule has 2 rings (SSSR count). The number of anilines is 3. The third kappa shape index (κ3) is 4.54. The summed E-state index contributed by atoms with van der Waals surface area (Å²) in [6.45, 7) is 2.79. The van der Waals surface area contributed by atoms with E-state index in [0.29, 0.717) is 41.4 Å². The minimum atomic E-state index is -0.414. The number of hydrogen-bond donors (Lipinski definition) is 2. The minimum Gasteiger partial charge on any atom is -0.374 e. The van der Waals surface area contributed by atoms with Gasteiger partial charge in [-0.1, -0.05) is 11.6 Å². The van der Waals surface area contributed by atoms with Crippen LogP contribution in [0.2, 0.25) is 5.02 Å². The van der Waals surface area contributed by atoms with Gasteiger partial charge in [-0.3, -0.25) is 0 Å². The predicted molar refractivity (Wildman–Crippen MR) is 81.6 cm³/mol. The second-order valence-electron chi connectivity index (χ2n) is 4.22. The maximum Gasteiger partial charge on any atom is 0.158 e. The Balaban J connectivity index is 2.25. The van der Waals surface area contributed by atoms with E-state index in [9.17, 15) is 4.39 Å². The van der Waals surface area contributed by atoms with E-state index in [-0.39, 0.29) is 0 Å². The summed E-state index contributed by atoms with van der Waals surface area (Å²) < 4.78 is 18.6. The molecule has 21 heavy (non-hydrogen) atoms. The zero-order valence-electron chi connectivity index (χ0n) is 11.8. The molecule has 2 aromatic rings. The van der Waals surface area contributed by atoms with Crippen molar-refractivity contribution in [2.75, 3.05) is 24.3 Å². The largest absolute Gasteiger partial charge is 0.374 e. The SMILES string of the molecule is CCOCc1nc(NC)cc(Nc2cc(F)cc(Cl)c2)n1. The van der Waals surface area contributed by atoms with Crippen LogP contribution in [0.4, 0.5) is 21.7 Å². The lowest BCUT2D eigenvalue weighted by molar-refractivity contribution is 0.128. The topological polar surface area (TPSA) is 59.1 Å². The van der Waals surface area contributed by atoms with Crippen LogP contribution in [0.25, 0.3) is 0 Å². The highest BCUT2D eigenvalue weighted by Crippen LogP contribution is 2.22. The molecule has 2 N–H and O–H groups in total. The van der Waals surface area contributed by atoms with E-state index in [1.165, 1.54) is 12.1 Å². The van der Waals surface area contributed by atoms with E-state index in [0.717, 1.165) is 0 Å². The second kappa shape index (κ2) is 7.19. The highest BCUT2D eigenvalue weighted by Gasteiger charge is 2.06. The van der Waals surface area contributed by atoms with Gasteiger partial charge in [0.25, 0.3) is 0 Å². The summed E-state index contributed by atoms with van der Waals surface area (Å²) in [4.78, 5) is 8.60. The zero-order chi connectivity index (χ0) is 15.2. The van der Waals surface area contributed by atoms with Crippen LogP contribution in [0, 0.1) is 5.82 Å². The van der Waals surface area contributed by atoms with E-state index < -0.39 is 5.82 Å². The van der Waals surface area contributed by atoms with Gasteiger partial charge in [0, 0.05) is 30.4 Å². The Kier molecular flexibility index (Phi) is 5.30. The van der Waals surface area contributed by atoms with Gasteiger partial charge in [-0.15, -0.1) is 0 Å². The Bertz CT molecular complexity index is 604. The fourth-order valence-corrected chi connectivity index (χ4v) is 1.94. The number of hydrogen-bond acceptors (Lipinski definition) is 5. The molecule has 0 amide bonds. The van der Waals surface area contributed by atoms with Crippen molar-refractivity contribution in [1.29, 1.82) is 0 Å². The summed E-state index contributed by atoms with van der Waals surface area (Å²) in [6, 6.07) is 5.92. The van der Waals surface area contributed by atoms with Crippen molar-refractivity contribution in [3.05, 3.63) is 40.9 Å². The molecule has 0 spiro atoms. The summed E-state index contributed by atoms with van der Waals surface area (Å²) in [6.07, 6.45) is 0. The number of ether oxygens (including phenoxy) is 1. The van der Waals surface area contributed by atoms with Crippen LogP contribution in [0.5, 0.6) is 0 Å². The van der Waals surface area contributed by atoms with Crippen molar-refractivity contribution >= 4 is 28.9 Å². The highest BCUT2D eigenvalue weighted by atomic mass is 35.5. The molecule has 0 saturated heterocycles. The van der Waals surface area contributed by atoms with Crippen LogP contribution in [-0.2, 0) is 11.3 Å². The number of halogens is 2. The van der Waals surface area contributed by atoms with Crippen LogP contribution >= 0.6 is 11.6 Å². The van der Waals surface area contributed by atoms with Gasteiger partial charge in [0.1, 0.15) is 24.1 Å². The Morgan fingerprint density at radius 1 is 1.19 bits per heavy atom. The maximum atomic E-state index is 13.3. The molecular formula is C14H16ClFN4O. The summed E-state index contributed by atoms with van der Waals surface area (Å²) >= 11 is 5.83. The average molecular weight is 311 g/mol. The monoisotopic (exact) mass is 310 g/mol. The molecule has 0 aliphatic heterocycles. The third-order valence-corrected chi connectivity index (χ3v) is 2.82. The van der Waals surface area contributed by atoms with Gasteiger partial charge in [0.05, 0.1) is 0 Å². The number of benzene rings is 1. The number of rotatable bonds is 6. The van der Waals surface area contributed by atoms with Crippen molar-refractivity contribution in [3.8, 4) is 0 Å². The first-order chi connectivity index (χ1) is 10.1. The first-order valence-electron chi connectivity index (χ1n) is 6.47. The van der Waals surface area contributed by atoms with E-state index in [4.69, 9.17) is 16.3 Å². The predicted octanol–water partition coefficient (Wildman–Crippen LogP) is 3.59. The van der Waals surface area contributed by atoms with Gasteiger partial charge >= 0.3 is 0 Å². The molecule has 112 valence electrons. The third-order valence-electron chi connectivity index (χ3n) is 2.60. The lowest BCUT2D eigenvalue weighted by Gasteiger charge is -2.10. The molecule has 0 unspecified atom stereocenters. The molecule has 0 bridgehead atoms. The molecule has 0 atom stereocenters. The molecule has 0 fully saturated rings. The Morgan fingerprint density at radius 2 is 1.95 bits per heavy atom. The maximum absolute atomic E-state index is 13.3. The molecule has 0 aliphatic rings. The van der Waals surface area contributed by atoms with Crippen molar-refractivity contribution in [2.24, 2.45) is 0 Å². The molecule has 1 heterocycles. The average Bonchev–Trinajstić information content (AvgIpc) is 2.43. The Morgan fingerprint density at radius 3 is 2.62 bits per heavy atom. The molecule has 1 aromatic carbocycles. The summed E-state index contributed by atoms with van der Waals surface area (Å²) in [5, 5.41) is 6.27. The number of aromatic nitrogens is 2. The van der Waals surface area contributed by atoms with Crippen LogP contribution < -0.4 is 10.6 Å². The number of nitrogens with one attached hydrogen (secondary N) is 2. The van der Waals surface area contributed by atoms with Gasteiger partial charge < -0.3 is 15.4 Å². The molecule has 5 nitrogen and oxygen atoms in total. The fraction of sp³-hybridized carbons (Fsp3) is 0.286. The van der Waals surface area contributed by atoms with Crippen LogP contribution in [0.15, 0.2) is 24.3 Å². The molecule has 0 aliphatic carbocycles. The van der Waals surface area contributed by atoms with Crippen molar-refractivity contribution < 1.29 is 9.13 Å². The lowest BCUT2D eigenvalue weighted by Crippen LogP contribution is -2.05. The zero-order valence-corrected chi connectivity index (χ0v) is 12.5. The van der Waals surface area contributed by atoms with E-state index in [2.05, 4.69) is 20.6 Å². The molecule has 1 aromatic heterocycles. The minimum absolute atomic E-state index is 0.310. The normalized spacial score (nSPS) is 10.5. The van der Waals surface area contributed by atoms with E-state index in [1.54, 1.807) is 19.2 Å². The second-order valence-corrected chi connectivity index (χ2v) is 4.66. The summed E-state index contributed by atoms with van der Waals surface area (Å²) in [5.41, 5.74) is 0.517. The van der Waals surface area contributed by atoms with Crippen molar-refractivity contribution in [2.45, 2.75) is 13.5 Å². The molecule has 7 heteroatoms. The lowest BCUT2D eigenvalue weighted by atomic mass is 10.3. The van der Waals surface area contributed by atoms with Gasteiger partial charge in [-0.05, 0) is 25.1 Å². The standard InChI is InChI=1S/C14H16ClFN4O/c1-3-21-8-14-19-12(17-2)7-13(20-14)18-11-5-9(15)4-10(16)6-11/h4-7H,3,8H2,1-2H3,(H2,17,18,19,20). The van der Waals surface area contributed by atoms with Gasteiger partial charge in [-0.25, -0.2) is 14.4 Å². The fourth-order valence-electron chi connectivity index (χ4n) is 1.72. The summed E-state index contributed by atoms with van der Waals surface area (Å²) in [7, 11) is 1.76. The quantitative estimate of drug-likeness (QED) is 0.854. The smallest absolute Gasteiger partial charge is 0.158 e. The first kappa shape index (κ1) is 15.5. The Hall–Kier alpha value is -1.92. The van der Waals surface area contributed by atoms with Gasteiger partial charge in [0.2, 0.25) is 0 Å². The summed E-state index contributed by atoms with van der Waals surface area (Å²) in [5.74, 6) is 1.30. The molecule has 0 radical (unpaired) electrons. The first-order valence-corrected chi connectivity index (χ1v) is 6.85. The van der Waals surface area contributed by atoms with Crippen LogP contribution in [0.1, 0.15) is 12.7 Å². The number of nitrogens with zero attached hydrogens (tertiary/aromatic N) is 2. The van der Waals surface area contributed by atoms with Crippen molar-refractivity contribution in [1.82, 2.24) is 9.97 Å². The van der Waals surface area contributed by atoms with Crippen LogP contribution in [0.3, 0.4) is 0 Å². The van der Waals surface area contributed by atoms with Gasteiger partial charge in [-0.2, -0.15) is 0 Å². The van der Waals surface area contributed by atoms with Crippen molar-refractivity contribution in [3.63, 3.8) is 0 Å². The van der Waals surface area contributed by atoms with Crippen LogP contribution in [-0.4, -0.2) is 23.6 Å². The van der Waals surface area contributed by atoms with E-state index in [1.807, 2.05) is 6.92 Å². The molecule has 0 saturated carbocycles.